The van der Waals surface area contributed by atoms with Crippen molar-refractivity contribution in [1.29, 1.82) is 0 Å². The molecule has 2 rings (SSSR count). The molecule has 0 aliphatic carbocycles. The molecule has 2 unspecified atom stereocenters. The molecule has 3 nitrogen and oxygen atoms in total. The lowest BCUT2D eigenvalue weighted by atomic mass is 10.0. The van der Waals surface area contributed by atoms with E-state index >= 15 is 0 Å². The standard InChI is InChI=1S/C14H23N3/c1-11-6-4-5-7-14(11)17-12(2)9-16(3)10-13(17)8-15/h4-7,12-13H,8-10,15H2,1-3H3. The first-order chi connectivity index (χ1) is 8.13. The molecule has 1 aromatic rings. The number of hydrogen-bond acceptors (Lipinski definition) is 3. The summed E-state index contributed by atoms with van der Waals surface area (Å²) in [6.45, 7) is 7.32. The van der Waals surface area contributed by atoms with E-state index in [4.69, 9.17) is 5.73 Å². The Labute approximate surface area is 104 Å². The summed E-state index contributed by atoms with van der Waals surface area (Å²) in [5, 5.41) is 0. The predicted molar refractivity (Wildman–Crippen MR) is 73.5 cm³/mol. The molecule has 3 heteroatoms. The van der Waals surface area contributed by atoms with Gasteiger partial charge in [0.2, 0.25) is 0 Å². The zero-order valence-electron chi connectivity index (χ0n) is 11.1. The Hall–Kier alpha value is -1.06. The number of nitrogens with zero attached hydrogens (tertiary/aromatic N) is 2. The van der Waals surface area contributed by atoms with E-state index in [0.29, 0.717) is 18.6 Å². The van der Waals surface area contributed by atoms with Gasteiger partial charge in [0.15, 0.2) is 0 Å². The van der Waals surface area contributed by atoms with Crippen LogP contribution in [0, 0.1) is 6.92 Å². The highest BCUT2D eigenvalue weighted by Crippen LogP contribution is 2.26. The van der Waals surface area contributed by atoms with Gasteiger partial charge in [0.25, 0.3) is 0 Å². The summed E-state index contributed by atoms with van der Waals surface area (Å²) in [4.78, 5) is 4.87. The van der Waals surface area contributed by atoms with E-state index < -0.39 is 0 Å². The summed E-state index contributed by atoms with van der Waals surface area (Å²) in [5.74, 6) is 0. The maximum absolute atomic E-state index is 5.94. The summed E-state index contributed by atoms with van der Waals surface area (Å²) >= 11 is 0. The highest BCUT2D eigenvalue weighted by Gasteiger charge is 2.30. The van der Waals surface area contributed by atoms with Gasteiger partial charge in [-0.05, 0) is 32.5 Å². The van der Waals surface area contributed by atoms with E-state index in [0.717, 1.165) is 13.1 Å². The monoisotopic (exact) mass is 233 g/mol. The van der Waals surface area contributed by atoms with Gasteiger partial charge in [0, 0.05) is 31.4 Å². The number of nitrogens with two attached hydrogens (primary N) is 1. The predicted octanol–water partition coefficient (Wildman–Crippen LogP) is 1.46. The van der Waals surface area contributed by atoms with Gasteiger partial charge in [-0.15, -0.1) is 0 Å². The fourth-order valence-electron chi connectivity index (χ4n) is 2.90. The van der Waals surface area contributed by atoms with Crippen molar-refractivity contribution in [2.75, 3.05) is 31.6 Å². The second-order valence-electron chi connectivity index (χ2n) is 5.15. The number of hydrogen-bond donors (Lipinski definition) is 1. The van der Waals surface area contributed by atoms with Crippen LogP contribution in [0.5, 0.6) is 0 Å². The van der Waals surface area contributed by atoms with Crippen molar-refractivity contribution in [1.82, 2.24) is 4.90 Å². The molecule has 2 atom stereocenters. The molecule has 1 aliphatic rings. The normalized spacial score (nSPS) is 26.2. The molecule has 0 saturated carbocycles. The first-order valence-electron chi connectivity index (χ1n) is 6.36. The van der Waals surface area contributed by atoms with Crippen LogP contribution in [0.15, 0.2) is 24.3 Å². The smallest absolute Gasteiger partial charge is 0.0542 e. The molecule has 1 aliphatic heterocycles. The van der Waals surface area contributed by atoms with Crippen molar-refractivity contribution >= 4 is 5.69 Å². The second kappa shape index (κ2) is 5.07. The summed E-state index contributed by atoms with van der Waals surface area (Å²) in [6.07, 6.45) is 0. The highest BCUT2D eigenvalue weighted by atomic mass is 15.3. The second-order valence-corrected chi connectivity index (χ2v) is 5.15. The molecule has 1 heterocycles. The lowest BCUT2D eigenvalue weighted by molar-refractivity contribution is 0.234. The van der Waals surface area contributed by atoms with Crippen LogP contribution in [0.4, 0.5) is 5.69 Å². The van der Waals surface area contributed by atoms with Gasteiger partial charge in [-0.2, -0.15) is 0 Å². The van der Waals surface area contributed by atoms with Crippen LogP contribution in [-0.2, 0) is 0 Å². The molecular weight excluding hydrogens is 210 g/mol. The van der Waals surface area contributed by atoms with Crippen molar-refractivity contribution in [3.8, 4) is 0 Å². The van der Waals surface area contributed by atoms with Gasteiger partial charge in [-0.25, -0.2) is 0 Å². The molecule has 1 saturated heterocycles. The van der Waals surface area contributed by atoms with Crippen molar-refractivity contribution in [2.45, 2.75) is 25.9 Å². The molecule has 0 bridgehead atoms. The average Bonchev–Trinajstić information content (AvgIpc) is 2.29. The van der Waals surface area contributed by atoms with Gasteiger partial charge in [0.1, 0.15) is 0 Å². The first kappa shape index (κ1) is 12.4. The lowest BCUT2D eigenvalue weighted by Gasteiger charge is -2.46. The SMILES string of the molecule is Cc1ccccc1N1C(C)CN(C)CC1CN. The number of para-hydroxylation sites is 1. The van der Waals surface area contributed by atoms with Crippen molar-refractivity contribution < 1.29 is 0 Å². The Bertz CT molecular complexity index is 377. The van der Waals surface area contributed by atoms with Crippen LogP contribution in [0.1, 0.15) is 12.5 Å². The van der Waals surface area contributed by atoms with Gasteiger partial charge < -0.3 is 15.5 Å². The molecule has 2 N–H and O–H groups in total. The molecule has 0 spiro atoms. The summed E-state index contributed by atoms with van der Waals surface area (Å²) in [5.41, 5.74) is 8.61. The third-order valence-corrected chi connectivity index (χ3v) is 3.63. The summed E-state index contributed by atoms with van der Waals surface area (Å²) in [7, 11) is 2.17. The Balaban J connectivity index is 2.31. The zero-order valence-corrected chi connectivity index (χ0v) is 11.1. The molecule has 1 aromatic carbocycles. The zero-order chi connectivity index (χ0) is 12.4. The topological polar surface area (TPSA) is 32.5 Å². The number of rotatable bonds is 2. The number of anilines is 1. The van der Waals surface area contributed by atoms with Gasteiger partial charge in [-0.1, -0.05) is 18.2 Å². The molecule has 94 valence electrons. The van der Waals surface area contributed by atoms with E-state index in [9.17, 15) is 0 Å². The molecule has 0 radical (unpaired) electrons. The highest BCUT2D eigenvalue weighted by molar-refractivity contribution is 5.55. The Morgan fingerprint density at radius 3 is 2.65 bits per heavy atom. The van der Waals surface area contributed by atoms with Crippen molar-refractivity contribution in [3.05, 3.63) is 29.8 Å². The van der Waals surface area contributed by atoms with E-state index in [1.165, 1.54) is 11.3 Å². The minimum absolute atomic E-state index is 0.421. The molecule has 1 fully saturated rings. The van der Waals surface area contributed by atoms with Crippen LogP contribution in [0.25, 0.3) is 0 Å². The Morgan fingerprint density at radius 1 is 1.29 bits per heavy atom. The lowest BCUT2D eigenvalue weighted by Crippen LogP contribution is -2.59. The van der Waals surface area contributed by atoms with Gasteiger partial charge >= 0.3 is 0 Å². The van der Waals surface area contributed by atoms with Crippen LogP contribution in [-0.4, -0.2) is 43.7 Å². The Morgan fingerprint density at radius 2 is 2.00 bits per heavy atom. The molecule has 0 amide bonds. The third kappa shape index (κ3) is 2.45. The quantitative estimate of drug-likeness (QED) is 0.839. The number of aryl methyl sites for hydroxylation is 1. The number of piperazine rings is 1. The fraction of sp³-hybridized carbons (Fsp3) is 0.571. The van der Waals surface area contributed by atoms with E-state index in [2.05, 4.69) is 55.0 Å². The third-order valence-electron chi connectivity index (χ3n) is 3.63. The van der Waals surface area contributed by atoms with E-state index in [-0.39, 0.29) is 0 Å². The van der Waals surface area contributed by atoms with Crippen molar-refractivity contribution in [3.63, 3.8) is 0 Å². The molecule has 0 aromatic heterocycles. The largest absolute Gasteiger partial charge is 0.362 e. The van der Waals surface area contributed by atoms with Crippen LogP contribution in [0.2, 0.25) is 0 Å². The summed E-state index contributed by atoms with van der Waals surface area (Å²) in [6, 6.07) is 9.53. The van der Waals surface area contributed by atoms with E-state index in [1.807, 2.05) is 0 Å². The van der Waals surface area contributed by atoms with Crippen LogP contribution >= 0.6 is 0 Å². The minimum atomic E-state index is 0.421. The Kier molecular flexibility index (Phi) is 3.69. The van der Waals surface area contributed by atoms with Gasteiger partial charge in [0.05, 0.1) is 6.04 Å². The number of likely N-dealkylation sites (N-methyl/N-ethyl adjacent to an activating group) is 1. The maximum Gasteiger partial charge on any atom is 0.0542 e. The first-order valence-corrected chi connectivity index (χ1v) is 6.36. The van der Waals surface area contributed by atoms with Gasteiger partial charge in [-0.3, -0.25) is 0 Å². The van der Waals surface area contributed by atoms with Crippen molar-refractivity contribution in [2.24, 2.45) is 5.73 Å². The maximum atomic E-state index is 5.94. The molecular formula is C14H23N3. The van der Waals surface area contributed by atoms with E-state index in [1.54, 1.807) is 0 Å². The molecule has 17 heavy (non-hydrogen) atoms. The van der Waals surface area contributed by atoms with Crippen LogP contribution < -0.4 is 10.6 Å². The fourth-order valence-corrected chi connectivity index (χ4v) is 2.90. The van der Waals surface area contributed by atoms with Crippen LogP contribution in [0.3, 0.4) is 0 Å². The average molecular weight is 233 g/mol. The number of benzene rings is 1. The minimum Gasteiger partial charge on any atom is -0.362 e. The summed E-state index contributed by atoms with van der Waals surface area (Å²) < 4.78 is 0.